The van der Waals surface area contributed by atoms with Crippen LogP contribution in [-0.4, -0.2) is 10.9 Å². The molecule has 3 heteroatoms. The standard InChI is InChI=1S/C14H13NO2/c16-12-9-5-4-8-11-13(15-17-14(11)12)10-6-2-1-3-7-10/h1-3,6-7H,4-5,8-9H2. The molecule has 2 aromatic rings. The third-order valence-electron chi connectivity index (χ3n) is 3.17. The summed E-state index contributed by atoms with van der Waals surface area (Å²) in [6, 6.07) is 9.89. The maximum absolute atomic E-state index is 11.8. The van der Waals surface area contributed by atoms with Gasteiger partial charge in [-0.25, -0.2) is 0 Å². The Morgan fingerprint density at radius 3 is 2.65 bits per heavy atom. The minimum absolute atomic E-state index is 0.0900. The van der Waals surface area contributed by atoms with E-state index in [1.165, 1.54) is 0 Å². The summed E-state index contributed by atoms with van der Waals surface area (Å²) in [7, 11) is 0. The fraction of sp³-hybridized carbons (Fsp3) is 0.286. The molecule has 3 nitrogen and oxygen atoms in total. The summed E-state index contributed by atoms with van der Waals surface area (Å²) in [5.41, 5.74) is 2.83. The first-order valence-electron chi connectivity index (χ1n) is 5.93. The van der Waals surface area contributed by atoms with Crippen LogP contribution in [0.15, 0.2) is 34.9 Å². The van der Waals surface area contributed by atoms with E-state index in [1.54, 1.807) is 0 Å². The van der Waals surface area contributed by atoms with E-state index < -0.39 is 0 Å². The van der Waals surface area contributed by atoms with Crippen molar-refractivity contribution in [2.75, 3.05) is 0 Å². The van der Waals surface area contributed by atoms with Crippen molar-refractivity contribution in [3.63, 3.8) is 0 Å². The van der Waals surface area contributed by atoms with E-state index in [2.05, 4.69) is 5.16 Å². The monoisotopic (exact) mass is 227 g/mol. The van der Waals surface area contributed by atoms with Crippen LogP contribution < -0.4 is 0 Å². The van der Waals surface area contributed by atoms with Crippen LogP contribution in [0.1, 0.15) is 35.4 Å². The lowest BCUT2D eigenvalue weighted by atomic mass is 10.0. The Kier molecular flexibility index (Phi) is 2.52. The molecule has 1 aromatic carbocycles. The lowest BCUT2D eigenvalue weighted by molar-refractivity contribution is 0.0946. The molecule has 1 aliphatic carbocycles. The largest absolute Gasteiger partial charge is 0.352 e. The van der Waals surface area contributed by atoms with Crippen LogP contribution in [0.3, 0.4) is 0 Å². The number of hydrogen-bond acceptors (Lipinski definition) is 3. The minimum atomic E-state index is 0.0900. The van der Waals surface area contributed by atoms with Crippen LogP contribution >= 0.6 is 0 Å². The number of ketones is 1. The van der Waals surface area contributed by atoms with E-state index in [-0.39, 0.29) is 5.78 Å². The van der Waals surface area contributed by atoms with Gasteiger partial charge in [-0.1, -0.05) is 35.5 Å². The first-order valence-corrected chi connectivity index (χ1v) is 5.93. The number of fused-ring (bicyclic) bond motifs is 1. The molecule has 0 aliphatic heterocycles. The predicted octanol–water partition coefficient (Wildman–Crippen LogP) is 3.25. The molecule has 3 rings (SSSR count). The fourth-order valence-electron chi connectivity index (χ4n) is 2.28. The summed E-state index contributed by atoms with van der Waals surface area (Å²) in [5.74, 6) is 0.563. The van der Waals surface area contributed by atoms with Crippen molar-refractivity contribution < 1.29 is 9.32 Å². The topological polar surface area (TPSA) is 43.1 Å². The highest BCUT2D eigenvalue weighted by Gasteiger charge is 2.24. The summed E-state index contributed by atoms with van der Waals surface area (Å²) < 4.78 is 5.23. The number of hydrogen-bond donors (Lipinski definition) is 0. The van der Waals surface area contributed by atoms with Gasteiger partial charge in [-0.05, 0) is 19.3 Å². The van der Waals surface area contributed by atoms with Crippen molar-refractivity contribution in [1.29, 1.82) is 0 Å². The molecule has 86 valence electrons. The molecule has 1 heterocycles. The van der Waals surface area contributed by atoms with E-state index in [1.807, 2.05) is 30.3 Å². The van der Waals surface area contributed by atoms with Crippen LogP contribution in [-0.2, 0) is 6.42 Å². The quantitative estimate of drug-likeness (QED) is 0.702. The van der Waals surface area contributed by atoms with E-state index >= 15 is 0 Å². The molecule has 1 aromatic heterocycles. The number of rotatable bonds is 1. The van der Waals surface area contributed by atoms with Crippen LogP contribution in [0.5, 0.6) is 0 Å². The van der Waals surface area contributed by atoms with Gasteiger partial charge in [-0.15, -0.1) is 0 Å². The second-order valence-electron chi connectivity index (χ2n) is 4.34. The molecule has 0 saturated heterocycles. The SMILES string of the molecule is O=C1CCCCc2c(-c3ccccc3)noc21. The number of Topliss-reactive ketones (excluding diaryl/α,β-unsaturated/α-hetero) is 1. The van der Waals surface area contributed by atoms with Gasteiger partial charge in [0.15, 0.2) is 0 Å². The molecule has 0 unspecified atom stereocenters. The summed E-state index contributed by atoms with van der Waals surface area (Å²) in [6.07, 6.45) is 3.43. The molecular weight excluding hydrogens is 214 g/mol. The van der Waals surface area contributed by atoms with Crippen molar-refractivity contribution in [2.24, 2.45) is 0 Å². The molecule has 0 amide bonds. The van der Waals surface area contributed by atoms with Gasteiger partial charge in [-0.2, -0.15) is 0 Å². The van der Waals surface area contributed by atoms with Gasteiger partial charge < -0.3 is 4.52 Å². The Balaban J connectivity index is 2.11. The molecular formula is C14H13NO2. The Morgan fingerprint density at radius 2 is 1.82 bits per heavy atom. The van der Waals surface area contributed by atoms with Crippen LogP contribution in [0.2, 0.25) is 0 Å². The third-order valence-corrected chi connectivity index (χ3v) is 3.17. The average Bonchev–Trinajstić information content (AvgIpc) is 2.71. The Bertz CT molecular complexity index is 543. The molecule has 0 fully saturated rings. The highest BCUT2D eigenvalue weighted by atomic mass is 16.5. The van der Waals surface area contributed by atoms with E-state index in [0.29, 0.717) is 12.2 Å². The number of benzene rings is 1. The molecule has 0 spiro atoms. The van der Waals surface area contributed by atoms with Crippen LogP contribution in [0.4, 0.5) is 0 Å². The zero-order chi connectivity index (χ0) is 11.7. The zero-order valence-corrected chi connectivity index (χ0v) is 9.48. The number of carbonyl (C=O) groups is 1. The summed E-state index contributed by atoms with van der Waals surface area (Å²) in [5, 5.41) is 4.06. The van der Waals surface area contributed by atoms with Crippen molar-refractivity contribution in [1.82, 2.24) is 5.16 Å². The average molecular weight is 227 g/mol. The van der Waals surface area contributed by atoms with Crippen molar-refractivity contribution >= 4 is 5.78 Å². The highest BCUT2D eigenvalue weighted by Crippen LogP contribution is 2.30. The highest BCUT2D eigenvalue weighted by molar-refractivity contribution is 5.96. The smallest absolute Gasteiger partial charge is 0.206 e. The number of nitrogens with zero attached hydrogens (tertiary/aromatic N) is 1. The van der Waals surface area contributed by atoms with E-state index in [0.717, 1.165) is 36.1 Å². The zero-order valence-electron chi connectivity index (χ0n) is 9.48. The second-order valence-corrected chi connectivity index (χ2v) is 4.34. The molecule has 0 N–H and O–H groups in total. The summed E-state index contributed by atoms with van der Waals surface area (Å²) in [6.45, 7) is 0. The van der Waals surface area contributed by atoms with Gasteiger partial charge >= 0.3 is 0 Å². The van der Waals surface area contributed by atoms with Crippen LogP contribution in [0, 0.1) is 0 Å². The molecule has 0 saturated carbocycles. The maximum atomic E-state index is 11.8. The first kappa shape index (κ1) is 10.3. The number of carbonyl (C=O) groups excluding carboxylic acids is 1. The lowest BCUT2D eigenvalue weighted by Gasteiger charge is -1.99. The Hall–Kier alpha value is -1.90. The number of aromatic nitrogens is 1. The molecule has 1 aliphatic rings. The third kappa shape index (κ3) is 1.78. The Morgan fingerprint density at radius 1 is 1.06 bits per heavy atom. The first-order chi connectivity index (χ1) is 8.36. The van der Waals surface area contributed by atoms with Gasteiger partial charge in [-0.3, -0.25) is 4.79 Å². The summed E-state index contributed by atoms with van der Waals surface area (Å²) >= 11 is 0. The van der Waals surface area contributed by atoms with Gasteiger partial charge in [0.1, 0.15) is 5.69 Å². The molecule has 0 atom stereocenters. The van der Waals surface area contributed by atoms with E-state index in [4.69, 9.17) is 4.52 Å². The van der Waals surface area contributed by atoms with Crippen LogP contribution in [0.25, 0.3) is 11.3 Å². The maximum Gasteiger partial charge on any atom is 0.206 e. The molecule has 17 heavy (non-hydrogen) atoms. The van der Waals surface area contributed by atoms with Crippen molar-refractivity contribution in [3.05, 3.63) is 41.7 Å². The van der Waals surface area contributed by atoms with E-state index in [9.17, 15) is 4.79 Å². The minimum Gasteiger partial charge on any atom is -0.352 e. The Labute approximate surface area is 99.4 Å². The van der Waals surface area contributed by atoms with Gasteiger partial charge in [0, 0.05) is 17.5 Å². The molecule has 0 radical (unpaired) electrons. The van der Waals surface area contributed by atoms with Gasteiger partial charge in [0.2, 0.25) is 11.5 Å². The summed E-state index contributed by atoms with van der Waals surface area (Å²) in [4.78, 5) is 11.8. The van der Waals surface area contributed by atoms with Crippen molar-refractivity contribution in [2.45, 2.75) is 25.7 Å². The van der Waals surface area contributed by atoms with Gasteiger partial charge in [0.05, 0.1) is 0 Å². The van der Waals surface area contributed by atoms with Crippen molar-refractivity contribution in [3.8, 4) is 11.3 Å². The normalized spacial score (nSPS) is 15.4. The second kappa shape index (κ2) is 4.17. The van der Waals surface area contributed by atoms with Gasteiger partial charge in [0.25, 0.3) is 0 Å². The predicted molar refractivity (Wildman–Crippen MR) is 63.8 cm³/mol. The molecule has 0 bridgehead atoms. The lowest BCUT2D eigenvalue weighted by Crippen LogP contribution is -1.96. The fourth-order valence-corrected chi connectivity index (χ4v) is 2.28.